The fraction of sp³-hybridized carbons (Fsp3) is 0.227. The zero-order valence-corrected chi connectivity index (χ0v) is 15.0. The number of nitrogens with zero attached hydrogens (tertiary/aromatic N) is 1. The van der Waals surface area contributed by atoms with Crippen LogP contribution in [0.4, 0.5) is 11.4 Å². The second kappa shape index (κ2) is 7.39. The third kappa shape index (κ3) is 3.50. The van der Waals surface area contributed by atoms with Crippen LogP contribution in [-0.4, -0.2) is 19.0 Å². The van der Waals surface area contributed by atoms with E-state index in [0.29, 0.717) is 5.56 Å². The highest BCUT2D eigenvalue weighted by Gasteiger charge is 2.12. The number of benzene rings is 3. The molecule has 0 atom stereocenters. The molecule has 0 unspecified atom stereocenters. The van der Waals surface area contributed by atoms with E-state index in [1.165, 1.54) is 5.69 Å². The minimum absolute atomic E-state index is 0.0736. The molecule has 3 nitrogen and oxygen atoms in total. The van der Waals surface area contributed by atoms with Gasteiger partial charge < -0.3 is 10.2 Å². The van der Waals surface area contributed by atoms with Gasteiger partial charge in [0.05, 0.1) is 0 Å². The van der Waals surface area contributed by atoms with Gasteiger partial charge in [0.1, 0.15) is 0 Å². The minimum Gasteiger partial charge on any atom is -0.372 e. The van der Waals surface area contributed by atoms with E-state index < -0.39 is 0 Å². The first-order chi connectivity index (χ1) is 12.1. The second-order valence-corrected chi connectivity index (χ2v) is 6.15. The Morgan fingerprint density at radius 2 is 1.68 bits per heavy atom. The number of amides is 1. The van der Waals surface area contributed by atoms with E-state index in [-0.39, 0.29) is 5.91 Å². The Bertz CT molecular complexity index is 892. The highest BCUT2D eigenvalue weighted by Crippen LogP contribution is 2.24. The van der Waals surface area contributed by atoms with Crippen LogP contribution in [0.3, 0.4) is 0 Å². The van der Waals surface area contributed by atoms with Crippen LogP contribution in [0.2, 0.25) is 0 Å². The van der Waals surface area contributed by atoms with Crippen molar-refractivity contribution in [3.05, 3.63) is 71.8 Å². The summed E-state index contributed by atoms with van der Waals surface area (Å²) in [4.78, 5) is 15.1. The van der Waals surface area contributed by atoms with Gasteiger partial charge in [-0.25, -0.2) is 0 Å². The summed E-state index contributed by atoms with van der Waals surface area (Å²) >= 11 is 0. The normalized spacial score (nSPS) is 10.7. The fourth-order valence-electron chi connectivity index (χ4n) is 3.19. The smallest absolute Gasteiger partial charge is 0.256 e. The van der Waals surface area contributed by atoms with E-state index in [1.807, 2.05) is 55.5 Å². The summed E-state index contributed by atoms with van der Waals surface area (Å²) in [5, 5.41) is 5.11. The van der Waals surface area contributed by atoms with Crippen molar-refractivity contribution in [1.82, 2.24) is 0 Å². The molecular formula is C22H24N2O. The van der Waals surface area contributed by atoms with E-state index in [4.69, 9.17) is 0 Å². The van der Waals surface area contributed by atoms with Crippen molar-refractivity contribution >= 4 is 28.1 Å². The van der Waals surface area contributed by atoms with Crippen LogP contribution in [-0.2, 0) is 0 Å². The number of rotatable bonds is 5. The summed E-state index contributed by atoms with van der Waals surface area (Å²) in [6.07, 6.45) is 0. The predicted molar refractivity (Wildman–Crippen MR) is 107 cm³/mol. The first-order valence-electron chi connectivity index (χ1n) is 8.78. The van der Waals surface area contributed by atoms with Crippen LogP contribution in [0.5, 0.6) is 0 Å². The van der Waals surface area contributed by atoms with Gasteiger partial charge in [-0.2, -0.15) is 0 Å². The van der Waals surface area contributed by atoms with Crippen LogP contribution in [0.15, 0.2) is 60.7 Å². The molecule has 3 rings (SSSR count). The number of carbonyl (C=O) groups excluding carboxylic acids is 1. The third-order valence-corrected chi connectivity index (χ3v) is 4.62. The lowest BCUT2D eigenvalue weighted by Gasteiger charge is -2.22. The lowest BCUT2D eigenvalue weighted by molar-refractivity contribution is 0.102. The molecule has 0 aliphatic heterocycles. The highest BCUT2D eigenvalue weighted by molar-refractivity contribution is 6.13. The number of carbonyl (C=O) groups is 1. The Morgan fingerprint density at radius 3 is 2.40 bits per heavy atom. The van der Waals surface area contributed by atoms with Crippen molar-refractivity contribution in [2.24, 2.45) is 0 Å². The van der Waals surface area contributed by atoms with Gasteiger partial charge in [-0.05, 0) is 61.4 Å². The Hall–Kier alpha value is -2.81. The molecule has 3 aromatic rings. The summed E-state index contributed by atoms with van der Waals surface area (Å²) in [5.41, 5.74) is 3.81. The molecule has 0 saturated heterocycles. The average molecular weight is 332 g/mol. The SMILES string of the molecule is CCN(CC)c1ccc(NC(=O)c2cccc3ccccc23)c(C)c1. The van der Waals surface area contributed by atoms with Crippen molar-refractivity contribution in [1.29, 1.82) is 0 Å². The Morgan fingerprint density at radius 1 is 0.960 bits per heavy atom. The standard InChI is InChI=1S/C22H24N2O/c1-4-24(5-2)18-13-14-21(16(3)15-18)23-22(25)20-12-8-10-17-9-6-7-11-19(17)20/h6-15H,4-5H2,1-3H3,(H,23,25). The van der Waals surface area contributed by atoms with Crippen molar-refractivity contribution in [2.75, 3.05) is 23.3 Å². The van der Waals surface area contributed by atoms with Gasteiger partial charge in [0, 0.05) is 30.0 Å². The number of hydrogen-bond acceptors (Lipinski definition) is 2. The summed E-state index contributed by atoms with van der Waals surface area (Å²) in [6.45, 7) is 8.27. The van der Waals surface area contributed by atoms with Gasteiger partial charge in [-0.15, -0.1) is 0 Å². The van der Waals surface area contributed by atoms with Crippen molar-refractivity contribution in [3.63, 3.8) is 0 Å². The summed E-state index contributed by atoms with van der Waals surface area (Å²) in [6, 6.07) is 20.0. The van der Waals surface area contributed by atoms with Crippen molar-refractivity contribution in [3.8, 4) is 0 Å². The Balaban J connectivity index is 1.88. The van der Waals surface area contributed by atoms with Gasteiger partial charge in [-0.3, -0.25) is 4.79 Å². The minimum atomic E-state index is -0.0736. The topological polar surface area (TPSA) is 32.3 Å². The molecule has 0 bridgehead atoms. The number of fused-ring (bicyclic) bond motifs is 1. The maximum absolute atomic E-state index is 12.8. The molecular weight excluding hydrogens is 308 g/mol. The zero-order valence-electron chi connectivity index (χ0n) is 15.0. The lowest BCUT2D eigenvalue weighted by atomic mass is 10.0. The molecule has 1 amide bonds. The summed E-state index contributed by atoms with van der Waals surface area (Å²) in [7, 11) is 0. The molecule has 3 heteroatoms. The Kier molecular flexibility index (Phi) is 5.03. The van der Waals surface area contributed by atoms with E-state index in [9.17, 15) is 4.79 Å². The van der Waals surface area contributed by atoms with Gasteiger partial charge in [0.2, 0.25) is 0 Å². The predicted octanol–water partition coefficient (Wildman–Crippen LogP) is 5.25. The number of aryl methyl sites for hydroxylation is 1. The summed E-state index contributed by atoms with van der Waals surface area (Å²) < 4.78 is 0. The average Bonchev–Trinajstić information content (AvgIpc) is 2.64. The maximum Gasteiger partial charge on any atom is 0.256 e. The highest BCUT2D eigenvalue weighted by atomic mass is 16.1. The van der Waals surface area contributed by atoms with Gasteiger partial charge in [0.25, 0.3) is 5.91 Å². The molecule has 0 radical (unpaired) electrons. The van der Waals surface area contributed by atoms with Gasteiger partial charge >= 0.3 is 0 Å². The van der Waals surface area contributed by atoms with Crippen LogP contribution in [0.1, 0.15) is 29.8 Å². The zero-order chi connectivity index (χ0) is 17.8. The van der Waals surface area contributed by atoms with Crippen molar-refractivity contribution in [2.45, 2.75) is 20.8 Å². The fourth-order valence-corrected chi connectivity index (χ4v) is 3.19. The van der Waals surface area contributed by atoms with E-state index >= 15 is 0 Å². The molecule has 1 N–H and O–H groups in total. The largest absolute Gasteiger partial charge is 0.372 e. The quantitative estimate of drug-likeness (QED) is 0.692. The third-order valence-electron chi connectivity index (χ3n) is 4.62. The summed E-state index contributed by atoms with van der Waals surface area (Å²) in [5.74, 6) is -0.0736. The lowest BCUT2D eigenvalue weighted by Crippen LogP contribution is -2.22. The maximum atomic E-state index is 12.8. The number of nitrogens with one attached hydrogen (secondary N) is 1. The second-order valence-electron chi connectivity index (χ2n) is 6.15. The number of hydrogen-bond donors (Lipinski definition) is 1. The van der Waals surface area contributed by atoms with Gasteiger partial charge in [0.15, 0.2) is 0 Å². The molecule has 0 spiro atoms. The van der Waals surface area contributed by atoms with Crippen LogP contribution < -0.4 is 10.2 Å². The molecule has 128 valence electrons. The first kappa shape index (κ1) is 17.0. The Labute approximate surface area is 149 Å². The van der Waals surface area contributed by atoms with E-state index in [0.717, 1.165) is 35.1 Å². The van der Waals surface area contributed by atoms with Crippen LogP contribution in [0, 0.1) is 6.92 Å². The molecule has 0 heterocycles. The molecule has 25 heavy (non-hydrogen) atoms. The first-order valence-corrected chi connectivity index (χ1v) is 8.78. The molecule has 3 aromatic carbocycles. The number of anilines is 2. The monoisotopic (exact) mass is 332 g/mol. The molecule has 0 fully saturated rings. The molecule has 0 saturated carbocycles. The van der Waals surface area contributed by atoms with Crippen LogP contribution in [0.25, 0.3) is 10.8 Å². The van der Waals surface area contributed by atoms with Crippen LogP contribution >= 0.6 is 0 Å². The van der Waals surface area contributed by atoms with Crippen molar-refractivity contribution < 1.29 is 4.79 Å². The molecule has 0 aliphatic rings. The van der Waals surface area contributed by atoms with E-state index in [1.54, 1.807) is 0 Å². The van der Waals surface area contributed by atoms with Gasteiger partial charge in [-0.1, -0.05) is 36.4 Å². The molecule has 0 aliphatic carbocycles. The molecule has 0 aromatic heterocycles. The van der Waals surface area contributed by atoms with E-state index in [2.05, 4.69) is 36.2 Å².